The van der Waals surface area contributed by atoms with Gasteiger partial charge >= 0.3 is 17.9 Å². The normalized spacial score (nSPS) is 10.4. The molecule has 0 aromatic heterocycles. The lowest BCUT2D eigenvalue weighted by Gasteiger charge is -2.19. The number of rotatable bonds is 24. The first-order chi connectivity index (χ1) is 18.6. The maximum atomic E-state index is 10.5. The Morgan fingerprint density at radius 1 is 0.400 bits per heavy atom. The van der Waals surface area contributed by atoms with Crippen molar-refractivity contribution in [3.63, 3.8) is 0 Å². The number of carbonyl (C=O) groups is 3. The second-order valence-electron chi connectivity index (χ2n) is 10.1. The van der Waals surface area contributed by atoms with Crippen LogP contribution < -0.4 is 6.15 Å². The zero-order valence-electron chi connectivity index (χ0n) is 26.7. The van der Waals surface area contributed by atoms with Gasteiger partial charge < -0.3 is 15.3 Å². The van der Waals surface area contributed by atoms with Crippen molar-refractivity contribution in [2.75, 3.05) is 58.9 Å². The predicted octanol–water partition coefficient (Wildman–Crippen LogP) is 5.44. The lowest BCUT2D eigenvalue weighted by Crippen LogP contribution is -2.31. The fraction of sp³-hybridized carbons (Fsp3) is 0.900. The molecule has 0 spiro atoms. The van der Waals surface area contributed by atoms with E-state index >= 15 is 0 Å². The van der Waals surface area contributed by atoms with Crippen molar-refractivity contribution in [1.82, 2.24) is 20.9 Å². The third-order valence-electron chi connectivity index (χ3n) is 6.04. The van der Waals surface area contributed by atoms with Gasteiger partial charge in [0, 0.05) is 6.15 Å². The van der Waals surface area contributed by atoms with Gasteiger partial charge in [-0.1, -0.05) is 80.1 Å². The fourth-order valence-electron chi connectivity index (χ4n) is 3.67. The summed E-state index contributed by atoms with van der Waals surface area (Å²) in [5.41, 5.74) is 0. The molecule has 0 unspecified atom stereocenters. The summed E-state index contributed by atoms with van der Waals surface area (Å²) in [6.07, 6.45) is 13.3. The summed E-state index contributed by atoms with van der Waals surface area (Å²) in [5, 5.41) is 25.9. The number of hydrogen-bond acceptors (Lipinski definition) is 6. The van der Waals surface area contributed by atoms with Crippen LogP contribution in [0.3, 0.4) is 0 Å². The van der Waals surface area contributed by atoms with E-state index in [1.165, 1.54) is 0 Å². The van der Waals surface area contributed by atoms with Crippen LogP contribution in [-0.2, 0) is 14.4 Å². The smallest absolute Gasteiger partial charge is 0.317 e. The molecule has 0 saturated carbocycles. The molecule has 0 aromatic carbocycles. The quantitative estimate of drug-likeness (QED) is 0.137. The Morgan fingerprint density at radius 3 is 0.650 bits per heavy atom. The average molecular weight is 576 g/mol. The van der Waals surface area contributed by atoms with Gasteiger partial charge in [-0.05, 0) is 77.8 Å². The van der Waals surface area contributed by atoms with Gasteiger partial charge in [0.05, 0.1) is 19.6 Å². The first-order valence-electron chi connectivity index (χ1n) is 15.4. The highest BCUT2D eigenvalue weighted by Gasteiger charge is 2.09. The van der Waals surface area contributed by atoms with Gasteiger partial charge in [-0.3, -0.25) is 29.1 Å². The third-order valence-corrected chi connectivity index (χ3v) is 6.04. The van der Waals surface area contributed by atoms with Crippen LogP contribution in [0.25, 0.3) is 0 Å². The van der Waals surface area contributed by atoms with E-state index in [0.717, 1.165) is 116 Å². The molecule has 0 amide bonds. The van der Waals surface area contributed by atoms with Crippen molar-refractivity contribution in [1.29, 1.82) is 0 Å². The molecule has 40 heavy (non-hydrogen) atoms. The van der Waals surface area contributed by atoms with Crippen LogP contribution in [0.4, 0.5) is 0 Å². The van der Waals surface area contributed by atoms with Crippen LogP contribution in [0, 0.1) is 0 Å². The Bertz CT molecular complexity index is 466. The minimum atomic E-state index is -0.716. The molecular weight excluding hydrogens is 512 g/mol. The van der Waals surface area contributed by atoms with Gasteiger partial charge in [0.15, 0.2) is 0 Å². The van der Waals surface area contributed by atoms with Gasteiger partial charge in [0.1, 0.15) is 0 Å². The van der Waals surface area contributed by atoms with E-state index in [0.29, 0.717) is 0 Å². The van der Waals surface area contributed by atoms with Crippen LogP contribution in [0.2, 0.25) is 0 Å². The molecule has 0 atom stereocenters. The molecule has 3 radical (unpaired) electrons. The Balaban J connectivity index is -0.000000240. The van der Waals surface area contributed by atoms with Crippen molar-refractivity contribution in [2.24, 2.45) is 0 Å². The average Bonchev–Trinajstić information content (AvgIpc) is 2.88. The highest BCUT2D eigenvalue weighted by atomic mass is 16.4. The Morgan fingerprint density at radius 2 is 0.550 bits per heavy atom. The van der Waals surface area contributed by atoms with E-state index in [1.54, 1.807) is 0 Å². The van der Waals surface area contributed by atoms with E-state index in [4.69, 9.17) is 15.3 Å². The second-order valence-corrected chi connectivity index (χ2v) is 10.1. The molecule has 0 bridgehead atoms. The van der Waals surface area contributed by atoms with E-state index in [-0.39, 0.29) is 25.8 Å². The molecule has 0 aliphatic rings. The number of carboxylic acids is 3. The van der Waals surface area contributed by atoms with Crippen molar-refractivity contribution in [2.45, 2.75) is 119 Å². The molecular formula is C30H63N4O6. The molecule has 0 fully saturated rings. The van der Waals surface area contributed by atoms with Crippen LogP contribution in [0.5, 0.6) is 0 Å². The standard InChI is InChI=1S/3C10H21NO2.N/c3*1-3-5-7-11(8-6-4-2)9-10(12)13;/h3*3-9H2,1-2H3,(H,12,13);. The molecule has 10 heteroatoms. The van der Waals surface area contributed by atoms with Crippen molar-refractivity contribution in [3.05, 3.63) is 0 Å². The van der Waals surface area contributed by atoms with Gasteiger partial charge in [-0.15, -0.1) is 0 Å². The van der Waals surface area contributed by atoms with Crippen LogP contribution >= 0.6 is 0 Å². The van der Waals surface area contributed by atoms with Gasteiger partial charge in [0.2, 0.25) is 0 Å². The minimum Gasteiger partial charge on any atom is -0.480 e. The SMILES string of the molecule is CCCCN(CCCC)CC(=O)O.CCCCN(CCCC)CC(=O)O.CCCCN(CCCC)CC(=O)O.[N]. The largest absolute Gasteiger partial charge is 0.480 e. The first kappa shape index (κ1) is 45.2. The van der Waals surface area contributed by atoms with Crippen molar-refractivity contribution >= 4 is 17.9 Å². The van der Waals surface area contributed by atoms with Gasteiger partial charge in [-0.2, -0.15) is 0 Å². The van der Waals surface area contributed by atoms with Crippen molar-refractivity contribution < 1.29 is 29.7 Å². The zero-order chi connectivity index (χ0) is 30.3. The van der Waals surface area contributed by atoms with Crippen LogP contribution in [-0.4, -0.2) is 107 Å². The van der Waals surface area contributed by atoms with E-state index in [2.05, 4.69) is 41.5 Å². The van der Waals surface area contributed by atoms with E-state index in [1.807, 2.05) is 14.7 Å². The molecule has 0 saturated heterocycles. The number of hydrogen-bond donors (Lipinski definition) is 3. The molecule has 0 heterocycles. The summed E-state index contributed by atoms with van der Waals surface area (Å²) in [7, 11) is 0. The Kier molecular flexibility index (Phi) is 39.9. The zero-order valence-corrected chi connectivity index (χ0v) is 26.7. The monoisotopic (exact) mass is 575 g/mol. The molecule has 239 valence electrons. The minimum absolute atomic E-state index is 0. The van der Waals surface area contributed by atoms with Gasteiger partial charge in [0.25, 0.3) is 0 Å². The highest BCUT2D eigenvalue weighted by Crippen LogP contribution is 2.00. The lowest BCUT2D eigenvalue weighted by atomic mass is 10.2. The van der Waals surface area contributed by atoms with Crippen LogP contribution in [0.1, 0.15) is 119 Å². The Hall–Kier alpha value is -1.75. The van der Waals surface area contributed by atoms with E-state index < -0.39 is 17.9 Å². The maximum absolute atomic E-state index is 10.5. The van der Waals surface area contributed by atoms with E-state index in [9.17, 15) is 14.4 Å². The van der Waals surface area contributed by atoms with Crippen LogP contribution in [0.15, 0.2) is 0 Å². The summed E-state index contributed by atoms with van der Waals surface area (Å²) >= 11 is 0. The summed E-state index contributed by atoms with van der Waals surface area (Å²) < 4.78 is 0. The molecule has 0 rings (SSSR count). The molecule has 10 nitrogen and oxygen atoms in total. The number of carboxylic acid groups (broad SMARTS) is 3. The number of aliphatic carboxylic acids is 3. The topological polar surface area (TPSA) is 152 Å². The highest BCUT2D eigenvalue weighted by molar-refractivity contribution is 5.69. The Labute approximate surface area is 246 Å². The summed E-state index contributed by atoms with van der Waals surface area (Å²) in [5.74, 6) is -2.15. The number of nitrogens with zero attached hydrogens (tertiary/aromatic N) is 4. The maximum Gasteiger partial charge on any atom is 0.317 e. The predicted molar refractivity (Wildman–Crippen MR) is 164 cm³/mol. The fourth-order valence-corrected chi connectivity index (χ4v) is 3.67. The lowest BCUT2D eigenvalue weighted by molar-refractivity contribution is -0.139. The molecule has 3 N–H and O–H groups in total. The number of unbranched alkanes of at least 4 members (excludes halogenated alkanes) is 6. The van der Waals surface area contributed by atoms with Crippen molar-refractivity contribution in [3.8, 4) is 0 Å². The molecule has 0 aliphatic heterocycles. The second kappa shape index (κ2) is 35.3. The molecule has 0 aromatic rings. The molecule has 0 aliphatic carbocycles. The summed E-state index contributed by atoms with van der Waals surface area (Å²) in [6, 6.07) is 0. The summed E-state index contributed by atoms with van der Waals surface area (Å²) in [4.78, 5) is 37.6. The first-order valence-corrected chi connectivity index (χ1v) is 15.4. The summed E-state index contributed by atoms with van der Waals surface area (Å²) in [6.45, 7) is 18.8. The third kappa shape index (κ3) is 38.4. The van der Waals surface area contributed by atoms with Gasteiger partial charge in [-0.25, -0.2) is 0 Å².